The van der Waals surface area contributed by atoms with E-state index >= 15 is 0 Å². The van der Waals surface area contributed by atoms with Gasteiger partial charge in [-0.2, -0.15) is 0 Å². The molecule has 0 bridgehead atoms. The number of furan rings is 1. The van der Waals surface area contributed by atoms with Crippen molar-refractivity contribution in [1.29, 1.82) is 0 Å². The molecule has 24 heavy (non-hydrogen) atoms. The maximum absolute atomic E-state index is 6.28. The van der Waals surface area contributed by atoms with Crippen molar-refractivity contribution in [3.63, 3.8) is 0 Å². The molecule has 6 heteroatoms. The van der Waals surface area contributed by atoms with Crippen molar-refractivity contribution in [2.75, 3.05) is 32.7 Å². The first-order chi connectivity index (χ1) is 11.3. The summed E-state index contributed by atoms with van der Waals surface area (Å²) in [5.74, 6) is 1.72. The standard InChI is InChI=1S/C18H30N4O.HI/c19-18(22-12-4-1-2-5-13-22)20-15-16(17-9-8-14-23-17)21-10-6-3-7-11-21;/h8-9,14,16H,1-7,10-13,15H2,(H2,19,20);1H. The van der Waals surface area contributed by atoms with Gasteiger partial charge in [-0.1, -0.05) is 19.3 Å². The average Bonchev–Trinajstić information content (AvgIpc) is 2.97. The monoisotopic (exact) mass is 446 g/mol. The minimum atomic E-state index is 0. The van der Waals surface area contributed by atoms with Crippen LogP contribution < -0.4 is 5.73 Å². The quantitative estimate of drug-likeness (QED) is 0.436. The van der Waals surface area contributed by atoms with Gasteiger partial charge in [0.05, 0.1) is 18.8 Å². The molecule has 2 saturated heterocycles. The lowest BCUT2D eigenvalue weighted by Crippen LogP contribution is -2.39. The molecule has 1 atom stereocenters. The van der Waals surface area contributed by atoms with Crippen molar-refractivity contribution in [3.05, 3.63) is 24.2 Å². The number of nitrogens with two attached hydrogens (primary N) is 1. The van der Waals surface area contributed by atoms with Gasteiger partial charge in [0.15, 0.2) is 5.96 Å². The van der Waals surface area contributed by atoms with Gasteiger partial charge in [-0.25, -0.2) is 0 Å². The number of guanidine groups is 1. The minimum Gasteiger partial charge on any atom is -0.468 e. The van der Waals surface area contributed by atoms with Crippen LogP contribution in [0.4, 0.5) is 0 Å². The largest absolute Gasteiger partial charge is 0.468 e. The van der Waals surface area contributed by atoms with Crippen molar-refractivity contribution in [2.45, 2.75) is 51.0 Å². The van der Waals surface area contributed by atoms with E-state index in [1.54, 1.807) is 6.26 Å². The Bertz CT molecular complexity index is 477. The Kier molecular flexibility index (Phi) is 8.38. The SMILES string of the molecule is I.NC(=NCC(c1ccco1)N1CCCCC1)N1CCCCCC1. The van der Waals surface area contributed by atoms with E-state index in [9.17, 15) is 0 Å². The summed E-state index contributed by atoms with van der Waals surface area (Å²) < 4.78 is 5.68. The van der Waals surface area contributed by atoms with Gasteiger partial charge in [0.1, 0.15) is 5.76 Å². The Balaban J connectivity index is 0.00000208. The predicted molar refractivity (Wildman–Crippen MR) is 109 cm³/mol. The van der Waals surface area contributed by atoms with Crippen LogP contribution in [-0.2, 0) is 0 Å². The number of likely N-dealkylation sites (tertiary alicyclic amines) is 2. The molecule has 2 aliphatic rings. The Labute approximate surface area is 162 Å². The fraction of sp³-hybridized carbons (Fsp3) is 0.722. The van der Waals surface area contributed by atoms with Gasteiger partial charge >= 0.3 is 0 Å². The molecule has 5 nitrogen and oxygen atoms in total. The summed E-state index contributed by atoms with van der Waals surface area (Å²) in [7, 11) is 0. The third-order valence-corrected chi connectivity index (χ3v) is 5.06. The molecule has 1 unspecified atom stereocenters. The molecular formula is C18H31IN4O. The first kappa shape index (κ1) is 19.6. The third-order valence-electron chi connectivity index (χ3n) is 5.06. The second-order valence-electron chi connectivity index (χ2n) is 6.73. The zero-order valence-corrected chi connectivity index (χ0v) is 16.9. The average molecular weight is 446 g/mol. The summed E-state index contributed by atoms with van der Waals surface area (Å²) >= 11 is 0. The van der Waals surface area contributed by atoms with Crippen LogP contribution in [0.5, 0.6) is 0 Å². The molecule has 0 saturated carbocycles. The zero-order valence-electron chi connectivity index (χ0n) is 14.5. The minimum absolute atomic E-state index is 0. The summed E-state index contributed by atoms with van der Waals surface area (Å²) in [6, 6.07) is 4.25. The molecule has 3 rings (SSSR count). The van der Waals surface area contributed by atoms with Crippen LogP contribution >= 0.6 is 24.0 Å². The van der Waals surface area contributed by atoms with E-state index in [0.717, 1.165) is 31.9 Å². The van der Waals surface area contributed by atoms with Crippen LogP contribution in [0.15, 0.2) is 27.8 Å². The topological polar surface area (TPSA) is 58.0 Å². The van der Waals surface area contributed by atoms with E-state index in [1.807, 2.05) is 6.07 Å². The summed E-state index contributed by atoms with van der Waals surface area (Å²) in [4.78, 5) is 9.49. The molecule has 0 aliphatic carbocycles. The predicted octanol–water partition coefficient (Wildman–Crippen LogP) is 3.62. The molecule has 2 fully saturated rings. The summed E-state index contributed by atoms with van der Waals surface area (Å²) in [5.41, 5.74) is 6.28. The number of rotatable bonds is 4. The van der Waals surface area contributed by atoms with Gasteiger partial charge in [-0.05, 0) is 50.9 Å². The van der Waals surface area contributed by atoms with Gasteiger partial charge in [-0.3, -0.25) is 9.89 Å². The lowest BCUT2D eigenvalue weighted by molar-refractivity contribution is 0.150. The Morgan fingerprint density at radius 3 is 2.29 bits per heavy atom. The second kappa shape index (κ2) is 10.3. The second-order valence-corrected chi connectivity index (χ2v) is 6.73. The van der Waals surface area contributed by atoms with E-state index in [4.69, 9.17) is 15.1 Å². The number of halogens is 1. The highest BCUT2D eigenvalue weighted by molar-refractivity contribution is 14.0. The molecule has 3 heterocycles. The van der Waals surface area contributed by atoms with Crippen molar-refractivity contribution in [2.24, 2.45) is 10.7 Å². The molecular weight excluding hydrogens is 415 g/mol. The molecule has 1 aromatic rings. The van der Waals surface area contributed by atoms with Gasteiger partial charge < -0.3 is 15.1 Å². The van der Waals surface area contributed by atoms with Crippen LogP contribution in [0.1, 0.15) is 56.7 Å². The number of hydrogen-bond acceptors (Lipinski definition) is 3. The van der Waals surface area contributed by atoms with Gasteiger partial charge in [0, 0.05) is 13.1 Å². The molecule has 0 amide bonds. The first-order valence-electron chi connectivity index (χ1n) is 9.17. The molecule has 1 aromatic heterocycles. The van der Waals surface area contributed by atoms with Crippen LogP contribution in [-0.4, -0.2) is 48.5 Å². The highest BCUT2D eigenvalue weighted by atomic mass is 127. The molecule has 2 aliphatic heterocycles. The number of piperidine rings is 1. The Hall–Kier alpha value is -0.760. The first-order valence-corrected chi connectivity index (χ1v) is 9.17. The van der Waals surface area contributed by atoms with Crippen molar-refractivity contribution < 1.29 is 4.42 Å². The lowest BCUT2D eigenvalue weighted by Gasteiger charge is -2.32. The van der Waals surface area contributed by atoms with Crippen molar-refractivity contribution >= 4 is 29.9 Å². The van der Waals surface area contributed by atoms with Crippen LogP contribution in [0.3, 0.4) is 0 Å². The smallest absolute Gasteiger partial charge is 0.191 e. The van der Waals surface area contributed by atoms with Crippen LogP contribution in [0.2, 0.25) is 0 Å². The highest BCUT2D eigenvalue weighted by Crippen LogP contribution is 2.25. The van der Waals surface area contributed by atoms with E-state index in [1.165, 1.54) is 44.9 Å². The lowest BCUT2D eigenvalue weighted by atomic mass is 10.1. The normalized spacial score (nSPS) is 21.8. The van der Waals surface area contributed by atoms with E-state index in [-0.39, 0.29) is 30.0 Å². The summed E-state index contributed by atoms with van der Waals surface area (Å²) in [5, 5.41) is 0. The van der Waals surface area contributed by atoms with Crippen LogP contribution in [0.25, 0.3) is 0 Å². The van der Waals surface area contributed by atoms with Gasteiger partial charge in [0.2, 0.25) is 0 Å². The fourth-order valence-corrected chi connectivity index (χ4v) is 3.68. The number of aliphatic imine (C=N–C) groups is 1. The maximum atomic E-state index is 6.28. The molecule has 136 valence electrons. The van der Waals surface area contributed by atoms with Gasteiger partial charge in [-0.15, -0.1) is 24.0 Å². The molecule has 0 radical (unpaired) electrons. The molecule has 0 spiro atoms. The Morgan fingerprint density at radius 2 is 1.67 bits per heavy atom. The maximum Gasteiger partial charge on any atom is 0.191 e. The summed E-state index contributed by atoms with van der Waals surface area (Å²) in [6.45, 7) is 5.04. The molecule has 2 N–H and O–H groups in total. The number of hydrogen-bond donors (Lipinski definition) is 1. The van der Waals surface area contributed by atoms with Crippen molar-refractivity contribution in [1.82, 2.24) is 9.80 Å². The zero-order chi connectivity index (χ0) is 15.9. The van der Waals surface area contributed by atoms with Crippen molar-refractivity contribution in [3.8, 4) is 0 Å². The van der Waals surface area contributed by atoms with E-state index < -0.39 is 0 Å². The number of nitrogens with zero attached hydrogens (tertiary/aromatic N) is 3. The Morgan fingerprint density at radius 1 is 1.04 bits per heavy atom. The fourth-order valence-electron chi connectivity index (χ4n) is 3.68. The van der Waals surface area contributed by atoms with E-state index in [2.05, 4.69) is 15.9 Å². The van der Waals surface area contributed by atoms with Crippen LogP contribution in [0, 0.1) is 0 Å². The highest BCUT2D eigenvalue weighted by Gasteiger charge is 2.24. The molecule has 0 aromatic carbocycles. The third kappa shape index (κ3) is 5.37. The van der Waals surface area contributed by atoms with Gasteiger partial charge in [0.25, 0.3) is 0 Å². The van der Waals surface area contributed by atoms with E-state index in [0.29, 0.717) is 12.5 Å². The summed E-state index contributed by atoms with van der Waals surface area (Å²) in [6.07, 6.45) is 10.7.